The van der Waals surface area contributed by atoms with E-state index < -0.39 is 0 Å². The quantitative estimate of drug-likeness (QED) is 0.387. The van der Waals surface area contributed by atoms with E-state index in [1.54, 1.807) is 0 Å². The fourth-order valence-electron chi connectivity index (χ4n) is 2.78. The Labute approximate surface area is 187 Å². The van der Waals surface area contributed by atoms with Gasteiger partial charge >= 0.3 is 0 Å². The second kappa shape index (κ2) is 10.9. The molecule has 0 bridgehead atoms. The number of nitrogens with one attached hydrogen (secondary N) is 3. The van der Waals surface area contributed by atoms with E-state index in [1.165, 1.54) is 11.8 Å². The zero-order valence-electron chi connectivity index (χ0n) is 18.4. The Kier molecular flexibility index (Phi) is 8.02. The molecule has 3 N–H and O–H groups in total. The number of rotatable bonds is 11. The van der Waals surface area contributed by atoms with Crippen molar-refractivity contribution in [3.8, 4) is 0 Å². The molecule has 3 aromatic rings. The van der Waals surface area contributed by atoms with Crippen LogP contribution in [0.15, 0.2) is 46.5 Å². The third-order valence-corrected chi connectivity index (χ3v) is 5.33. The molecule has 2 heterocycles. The van der Waals surface area contributed by atoms with Crippen molar-refractivity contribution in [1.82, 2.24) is 25.1 Å². The summed E-state index contributed by atoms with van der Waals surface area (Å²) in [7, 11) is 4.07. The number of benzene rings is 1. The SMILES string of the molecule is CCC(=O)Cc1ccc(Sc2nc(NCCN(C)C)cc(Nc3cc(C)[nH]n3)n2)cc1. The standard InChI is InChI=1S/C22H29N7OS/c1-5-17(30)13-16-6-8-18(9-7-16)31-22-25-19(23-10-11-29(3)4)14-20(26-22)24-21-12-15(2)27-28-21/h6-9,12,14H,5,10-11,13H2,1-4H3,(H3,23,24,25,26,27,28). The molecular weight excluding hydrogens is 410 g/mol. The fraction of sp³-hybridized carbons (Fsp3) is 0.364. The predicted molar refractivity (Wildman–Crippen MR) is 125 cm³/mol. The number of carbonyl (C=O) groups excluding carboxylic acids is 1. The van der Waals surface area contributed by atoms with Crippen LogP contribution in [0.3, 0.4) is 0 Å². The maximum Gasteiger partial charge on any atom is 0.196 e. The molecule has 0 amide bonds. The van der Waals surface area contributed by atoms with Gasteiger partial charge in [-0.25, -0.2) is 9.97 Å². The number of Topliss-reactive ketones (excluding diaryl/α,β-unsaturated/α-hetero) is 1. The van der Waals surface area contributed by atoms with Gasteiger partial charge in [-0.15, -0.1) is 0 Å². The maximum atomic E-state index is 11.7. The second-order valence-corrected chi connectivity index (χ2v) is 8.57. The van der Waals surface area contributed by atoms with Crippen molar-refractivity contribution in [2.45, 2.75) is 36.7 Å². The van der Waals surface area contributed by atoms with Crippen molar-refractivity contribution in [2.24, 2.45) is 0 Å². The summed E-state index contributed by atoms with van der Waals surface area (Å²) in [6.45, 7) is 5.51. The van der Waals surface area contributed by atoms with Crippen molar-refractivity contribution in [2.75, 3.05) is 37.8 Å². The summed E-state index contributed by atoms with van der Waals surface area (Å²) in [5, 5.41) is 14.4. The van der Waals surface area contributed by atoms with Gasteiger partial charge in [0.1, 0.15) is 17.4 Å². The Morgan fingerprint density at radius 3 is 2.48 bits per heavy atom. The third kappa shape index (κ3) is 7.37. The number of hydrogen-bond acceptors (Lipinski definition) is 8. The van der Waals surface area contributed by atoms with Crippen LogP contribution in [0.2, 0.25) is 0 Å². The molecule has 9 heteroatoms. The zero-order valence-corrected chi connectivity index (χ0v) is 19.2. The largest absolute Gasteiger partial charge is 0.369 e. The van der Waals surface area contributed by atoms with E-state index in [0.717, 1.165) is 35.1 Å². The Bertz CT molecular complexity index is 1000. The highest BCUT2D eigenvalue weighted by atomic mass is 32.2. The molecule has 0 aliphatic rings. The summed E-state index contributed by atoms with van der Waals surface area (Å²) in [4.78, 5) is 24.1. The van der Waals surface area contributed by atoms with E-state index in [0.29, 0.717) is 29.6 Å². The Morgan fingerprint density at radius 2 is 1.84 bits per heavy atom. The lowest BCUT2D eigenvalue weighted by Gasteiger charge is -2.13. The van der Waals surface area contributed by atoms with Gasteiger partial charge in [-0.1, -0.05) is 19.1 Å². The first-order chi connectivity index (χ1) is 14.9. The summed E-state index contributed by atoms with van der Waals surface area (Å²) in [6, 6.07) is 11.8. The van der Waals surface area contributed by atoms with Gasteiger partial charge in [0.25, 0.3) is 0 Å². The van der Waals surface area contributed by atoms with Gasteiger partial charge in [0.2, 0.25) is 0 Å². The van der Waals surface area contributed by atoms with Gasteiger partial charge in [0, 0.05) is 48.7 Å². The van der Waals surface area contributed by atoms with Gasteiger partial charge in [-0.2, -0.15) is 5.10 Å². The van der Waals surface area contributed by atoms with Crippen molar-refractivity contribution >= 4 is 35.0 Å². The van der Waals surface area contributed by atoms with Crippen LogP contribution >= 0.6 is 11.8 Å². The average molecular weight is 440 g/mol. The second-order valence-electron chi connectivity index (χ2n) is 7.53. The molecule has 1 aromatic carbocycles. The molecule has 0 fully saturated rings. The number of nitrogens with zero attached hydrogens (tertiary/aromatic N) is 4. The van der Waals surface area contributed by atoms with Gasteiger partial charge in [-0.05, 0) is 50.5 Å². The van der Waals surface area contributed by atoms with Crippen LogP contribution in [0, 0.1) is 6.92 Å². The van der Waals surface area contributed by atoms with Crippen molar-refractivity contribution in [3.63, 3.8) is 0 Å². The molecule has 3 rings (SSSR count). The first-order valence-corrected chi connectivity index (χ1v) is 11.1. The van der Waals surface area contributed by atoms with E-state index in [1.807, 2.05) is 64.3 Å². The zero-order chi connectivity index (χ0) is 22.2. The lowest BCUT2D eigenvalue weighted by Crippen LogP contribution is -2.21. The van der Waals surface area contributed by atoms with Gasteiger partial charge < -0.3 is 15.5 Å². The van der Waals surface area contributed by atoms with Crippen molar-refractivity contribution in [1.29, 1.82) is 0 Å². The fourth-order valence-corrected chi connectivity index (χ4v) is 3.55. The molecule has 31 heavy (non-hydrogen) atoms. The normalized spacial score (nSPS) is 11.0. The number of likely N-dealkylation sites (N-methyl/N-ethyl adjacent to an activating group) is 1. The molecule has 0 spiro atoms. The number of anilines is 3. The van der Waals surface area contributed by atoms with Crippen molar-refractivity contribution in [3.05, 3.63) is 47.7 Å². The van der Waals surface area contributed by atoms with Gasteiger partial charge in [-0.3, -0.25) is 9.89 Å². The first-order valence-electron chi connectivity index (χ1n) is 10.3. The summed E-state index contributed by atoms with van der Waals surface area (Å²) < 4.78 is 0. The molecule has 0 saturated carbocycles. The number of carbonyl (C=O) groups is 1. The van der Waals surface area contributed by atoms with Crippen LogP contribution in [0.4, 0.5) is 17.5 Å². The van der Waals surface area contributed by atoms with Crippen LogP contribution in [0.25, 0.3) is 0 Å². The summed E-state index contributed by atoms with van der Waals surface area (Å²) in [5.74, 6) is 2.36. The lowest BCUT2D eigenvalue weighted by molar-refractivity contribution is -0.118. The first kappa shape index (κ1) is 22.8. The molecule has 0 aliphatic heterocycles. The van der Waals surface area contributed by atoms with Crippen LogP contribution in [0.1, 0.15) is 24.6 Å². The highest BCUT2D eigenvalue weighted by molar-refractivity contribution is 7.99. The smallest absolute Gasteiger partial charge is 0.196 e. The average Bonchev–Trinajstić information content (AvgIpc) is 3.13. The molecule has 0 atom stereocenters. The molecule has 0 unspecified atom stereocenters. The summed E-state index contributed by atoms with van der Waals surface area (Å²) >= 11 is 1.48. The monoisotopic (exact) mass is 439 g/mol. The summed E-state index contributed by atoms with van der Waals surface area (Å²) in [6.07, 6.45) is 1.03. The third-order valence-electron chi connectivity index (χ3n) is 4.46. The van der Waals surface area contributed by atoms with Crippen molar-refractivity contribution < 1.29 is 4.79 Å². The number of H-pyrrole nitrogens is 1. The number of hydrogen-bond donors (Lipinski definition) is 3. The van der Waals surface area contributed by atoms with Crippen LogP contribution in [0.5, 0.6) is 0 Å². The van der Waals surface area contributed by atoms with Crippen LogP contribution < -0.4 is 10.6 Å². The van der Waals surface area contributed by atoms with Crippen LogP contribution in [-0.2, 0) is 11.2 Å². The molecular formula is C22H29N7OS. The van der Waals surface area contributed by atoms with Gasteiger partial charge in [0.05, 0.1) is 0 Å². The molecule has 2 aromatic heterocycles. The molecule has 164 valence electrons. The predicted octanol–water partition coefficient (Wildman–Crippen LogP) is 3.90. The van der Waals surface area contributed by atoms with Crippen LogP contribution in [-0.4, -0.2) is 58.0 Å². The van der Waals surface area contributed by atoms with Gasteiger partial charge in [0.15, 0.2) is 11.0 Å². The van der Waals surface area contributed by atoms with E-state index in [2.05, 4.69) is 35.7 Å². The minimum Gasteiger partial charge on any atom is -0.369 e. The number of aryl methyl sites for hydroxylation is 1. The topological polar surface area (TPSA) is 98.8 Å². The minimum absolute atomic E-state index is 0.240. The molecule has 0 radical (unpaired) electrons. The van der Waals surface area contributed by atoms with E-state index in [4.69, 9.17) is 0 Å². The Hall–Kier alpha value is -2.91. The maximum absolute atomic E-state index is 11.7. The Morgan fingerprint density at radius 1 is 1.10 bits per heavy atom. The minimum atomic E-state index is 0.240. The van der Waals surface area contributed by atoms with E-state index in [-0.39, 0.29) is 5.78 Å². The number of aromatic nitrogens is 4. The van der Waals surface area contributed by atoms with E-state index >= 15 is 0 Å². The molecule has 0 saturated heterocycles. The highest BCUT2D eigenvalue weighted by Gasteiger charge is 2.09. The Balaban J connectivity index is 1.76. The molecule has 8 nitrogen and oxygen atoms in total. The molecule has 0 aliphatic carbocycles. The number of aromatic amines is 1. The number of ketones is 1. The summed E-state index contributed by atoms with van der Waals surface area (Å²) in [5.41, 5.74) is 1.99. The lowest BCUT2D eigenvalue weighted by atomic mass is 10.1. The van der Waals surface area contributed by atoms with E-state index in [9.17, 15) is 4.79 Å². The highest BCUT2D eigenvalue weighted by Crippen LogP contribution is 2.28.